The number of rotatable bonds is 3. The van der Waals surface area contributed by atoms with Crippen LogP contribution >= 0.6 is 0 Å². The maximum Gasteiger partial charge on any atom is 0.189 e. The molecular formula is C15H16N2O2. The number of aryl methyl sites for hydroxylation is 1. The van der Waals surface area contributed by atoms with Gasteiger partial charge in [-0.1, -0.05) is 18.2 Å². The Morgan fingerprint density at radius 2 is 2.32 bits per heavy atom. The van der Waals surface area contributed by atoms with Crippen molar-refractivity contribution in [2.75, 3.05) is 6.61 Å². The van der Waals surface area contributed by atoms with Crippen LogP contribution < -0.4 is 4.74 Å². The van der Waals surface area contributed by atoms with E-state index in [9.17, 15) is 4.79 Å². The molecule has 1 aliphatic heterocycles. The number of carbonyl (C=O) groups is 1. The topological polar surface area (TPSA) is 44.1 Å². The third-order valence-electron chi connectivity index (χ3n) is 3.50. The molecule has 4 heteroatoms. The van der Waals surface area contributed by atoms with Crippen molar-refractivity contribution < 1.29 is 9.53 Å². The van der Waals surface area contributed by atoms with Gasteiger partial charge < -0.3 is 9.30 Å². The van der Waals surface area contributed by atoms with Crippen LogP contribution in [0.5, 0.6) is 5.75 Å². The Balaban J connectivity index is 1.79. The first-order valence-corrected chi connectivity index (χ1v) is 6.54. The first-order valence-electron chi connectivity index (χ1n) is 6.54. The lowest BCUT2D eigenvalue weighted by Gasteiger charge is -2.23. The molecule has 0 bridgehead atoms. The third kappa shape index (κ3) is 2.26. The predicted octanol–water partition coefficient (Wildman–Crippen LogP) is 2.34. The van der Waals surface area contributed by atoms with Gasteiger partial charge in [0, 0.05) is 12.7 Å². The lowest BCUT2D eigenvalue weighted by molar-refractivity contribution is 0.0850. The van der Waals surface area contributed by atoms with Gasteiger partial charge in [0.25, 0.3) is 0 Å². The number of benzene rings is 1. The number of ether oxygens (including phenoxy) is 1. The fourth-order valence-electron chi connectivity index (χ4n) is 2.37. The molecule has 0 saturated heterocycles. The molecule has 0 aliphatic carbocycles. The van der Waals surface area contributed by atoms with Crippen molar-refractivity contribution >= 4 is 5.78 Å². The van der Waals surface area contributed by atoms with E-state index in [0.717, 1.165) is 24.3 Å². The van der Waals surface area contributed by atoms with Crippen molar-refractivity contribution in [3.8, 4) is 5.75 Å². The quantitative estimate of drug-likeness (QED) is 0.792. The number of aromatic nitrogens is 2. The molecule has 0 N–H and O–H groups in total. The smallest absolute Gasteiger partial charge is 0.189 e. The first kappa shape index (κ1) is 12.0. The van der Waals surface area contributed by atoms with Gasteiger partial charge in [-0.3, -0.25) is 4.79 Å². The van der Waals surface area contributed by atoms with Gasteiger partial charge in [0.2, 0.25) is 0 Å². The SMILES string of the molecule is CCn1cnc(C(=O)C2COc3ccccc3C2)c1. The largest absolute Gasteiger partial charge is 0.493 e. The van der Waals surface area contributed by atoms with E-state index in [1.54, 1.807) is 6.33 Å². The number of carbonyl (C=O) groups excluding carboxylic acids is 1. The molecule has 0 fully saturated rings. The Morgan fingerprint density at radius 1 is 1.47 bits per heavy atom. The summed E-state index contributed by atoms with van der Waals surface area (Å²) < 4.78 is 7.56. The van der Waals surface area contributed by atoms with Crippen molar-refractivity contribution in [1.82, 2.24) is 9.55 Å². The standard InChI is InChI=1S/C15H16N2O2/c1-2-17-8-13(16-10-17)15(18)12-7-11-5-3-4-6-14(11)19-9-12/h3-6,8,10,12H,2,7,9H2,1H3. The van der Waals surface area contributed by atoms with E-state index in [0.29, 0.717) is 12.3 Å². The number of para-hydroxylation sites is 1. The number of Topliss-reactive ketones (excluding diaryl/α,β-unsaturated/α-hetero) is 1. The predicted molar refractivity (Wildman–Crippen MR) is 71.4 cm³/mol. The molecule has 1 aromatic heterocycles. The Hall–Kier alpha value is -2.10. The average molecular weight is 256 g/mol. The molecular weight excluding hydrogens is 240 g/mol. The number of hydrogen-bond donors (Lipinski definition) is 0. The van der Waals surface area contributed by atoms with Crippen LogP contribution in [0.15, 0.2) is 36.8 Å². The zero-order valence-electron chi connectivity index (χ0n) is 10.9. The molecule has 2 aromatic rings. The van der Waals surface area contributed by atoms with Gasteiger partial charge >= 0.3 is 0 Å². The maximum absolute atomic E-state index is 12.4. The van der Waals surface area contributed by atoms with E-state index in [2.05, 4.69) is 4.98 Å². The fourth-order valence-corrected chi connectivity index (χ4v) is 2.37. The average Bonchev–Trinajstić information content (AvgIpc) is 2.95. The van der Waals surface area contributed by atoms with Crippen LogP contribution in [0.4, 0.5) is 0 Å². The van der Waals surface area contributed by atoms with Gasteiger partial charge in [-0.25, -0.2) is 4.98 Å². The first-order chi connectivity index (χ1) is 9.28. The monoisotopic (exact) mass is 256 g/mol. The molecule has 3 rings (SSSR count). The van der Waals surface area contributed by atoms with Crippen molar-refractivity contribution in [3.05, 3.63) is 48.0 Å². The van der Waals surface area contributed by atoms with E-state index in [4.69, 9.17) is 4.74 Å². The van der Waals surface area contributed by atoms with Crippen LogP contribution in [-0.4, -0.2) is 21.9 Å². The summed E-state index contributed by atoms with van der Waals surface area (Å²) in [5.74, 6) is 0.836. The Morgan fingerprint density at radius 3 is 3.11 bits per heavy atom. The highest BCUT2D eigenvalue weighted by Crippen LogP contribution is 2.28. The third-order valence-corrected chi connectivity index (χ3v) is 3.50. The summed E-state index contributed by atoms with van der Waals surface area (Å²) in [6, 6.07) is 7.88. The van der Waals surface area contributed by atoms with Gasteiger partial charge in [-0.15, -0.1) is 0 Å². The molecule has 2 heterocycles. The molecule has 98 valence electrons. The highest BCUT2D eigenvalue weighted by molar-refractivity contribution is 5.96. The summed E-state index contributed by atoms with van der Waals surface area (Å²) in [6.07, 6.45) is 4.24. The number of nitrogens with zero attached hydrogens (tertiary/aromatic N) is 2. The van der Waals surface area contributed by atoms with Gasteiger partial charge in [-0.05, 0) is 25.0 Å². The number of ketones is 1. The van der Waals surface area contributed by atoms with Gasteiger partial charge in [0.15, 0.2) is 5.78 Å². The Labute approximate surface area is 112 Å². The fraction of sp³-hybridized carbons (Fsp3) is 0.333. The highest BCUT2D eigenvalue weighted by Gasteiger charge is 2.27. The van der Waals surface area contributed by atoms with Crippen LogP contribution in [0.1, 0.15) is 23.0 Å². The summed E-state index contributed by atoms with van der Waals surface area (Å²) in [7, 11) is 0. The summed E-state index contributed by atoms with van der Waals surface area (Å²) in [5.41, 5.74) is 1.64. The van der Waals surface area contributed by atoms with Gasteiger partial charge in [0.05, 0.1) is 18.9 Å². The van der Waals surface area contributed by atoms with E-state index in [-0.39, 0.29) is 11.7 Å². The lowest BCUT2D eigenvalue weighted by Crippen LogP contribution is -2.28. The normalized spacial score (nSPS) is 17.6. The van der Waals surface area contributed by atoms with E-state index < -0.39 is 0 Å². The molecule has 19 heavy (non-hydrogen) atoms. The van der Waals surface area contributed by atoms with Crippen LogP contribution in [0.3, 0.4) is 0 Å². The maximum atomic E-state index is 12.4. The lowest BCUT2D eigenvalue weighted by atomic mass is 9.92. The number of imidazole rings is 1. The molecule has 0 radical (unpaired) electrons. The summed E-state index contributed by atoms with van der Waals surface area (Å²) in [4.78, 5) is 16.6. The number of hydrogen-bond acceptors (Lipinski definition) is 3. The van der Waals surface area contributed by atoms with Gasteiger partial charge in [-0.2, -0.15) is 0 Å². The van der Waals surface area contributed by atoms with E-state index in [1.165, 1.54) is 0 Å². The molecule has 0 saturated carbocycles. The number of fused-ring (bicyclic) bond motifs is 1. The van der Waals surface area contributed by atoms with Gasteiger partial charge in [0.1, 0.15) is 11.4 Å². The summed E-state index contributed by atoms with van der Waals surface area (Å²) >= 11 is 0. The second-order valence-electron chi connectivity index (χ2n) is 4.77. The molecule has 0 spiro atoms. The highest BCUT2D eigenvalue weighted by atomic mass is 16.5. The molecule has 1 atom stereocenters. The zero-order valence-corrected chi connectivity index (χ0v) is 10.9. The minimum Gasteiger partial charge on any atom is -0.493 e. The summed E-state index contributed by atoms with van der Waals surface area (Å²) in [6.45, 7) is 3.29. The van der Waals surface area contributed by atoms with E-state index in [1.807, 2.05) is 42.0 Å². The molecule has 1 aromatic carbocycles. The molecule has 1 unspecified atom stereocenters. The van der Waals surface area contributed by atoms with Crippen molar-refractivity contribution in [2.24, 2.45) is 5.92 Å². The Kier molecular flexibility index (Phi) is 3.07. The van der Waals surface area contributed by atoms with Crippen molar-refractivity contribution in [2.45, 2.75) is 19.9 Å². The molecule has 1 aliphatic rings. The molecule has 4 nitrogen and oxygen atoms in total. The minimum absolute atomic E-state index is 0.0710. The molecule has 0 amide bonds. The van der Waals surface area contributed by atoms with Crippen molar-refractivity contribution in [3.63, 3.8) is 0 Å². The zero-order chi connectivity index (χ0) is 13.2. The van der Waals surface area contributed by atoms with E-state index >= 15 is 0 Å². The summed E-state index contributed by atoms with van der Waals surface area (Å²) in [5, 5.41) is 0. The second kappa shape index (κ2) is 4.88. The van der Waals surface area contributed by atoms with Crippen LogP contribution in [0.2, 0.25) is 0 Å². The van der Waals surface area contributed by atoms with Crippen LogP contribution in [0.25, 0.3) is 0 Å². The second-order valence-corrected chi connectivity index (χ2v) is 4.77. The minimum atomic E-state index is -0.130. The Bertz CT molecular complexity index is 604. The van der Waals surface area contributed by atoms with Crippen LogP contribution in [0, 0.1) is 5.92 Å². The van der Waals surface area contributed by atoms with Crippen molar-refractivity contribution in [1.29, 1.82) is 0 Å². The van der Waals surface area contributed by atoms with Crippen LogP contribution in [-0.2, 0) is 13.0 Å².